The van der Waals surface area contributed by atoms with Crippen molar-refractivity contribution in [3.63, 3.8) is 0 Å². The van der Waals surface area contributed by atoms with Crippen LogP contribution in [0.3, 0.4) is 0 Å². The maximum atomic E-state index is 10.8. The molecule has 4 nitrogen and oxygen atoms in total. The number of amides is 2. The molecule has 2 heterocycles. The van der Waals surface area contributed by atoms with E-state index < -0.39 is 6.03 Å². The number of nitrogens with one attached hydrogen (secondary N) is 1. The number of urea groups is 1. The van der Waals surface area contributed by atoms with Crippen molar-refractivity contribution in [1.29, 1.82) is 0 Å². The van der Waals surface area contributed by atoms with Crippen LogP contribution in [0.5, 0.6) is 0 Å². The Morgan fingerprint density at radius 1 is 1.56 bits per heavy atom. The van der Waals surface area contributed by atoms with Gasteiger partial charge in [0, 0.05) is 18.0 Å². The third kappa shape index (κ3) is 2.40. The fourth-order valence-corrected chi connectivity index (χ4v) is 2.84. The van der Waals surface area contributed by atoms with Crippen LogP contribution in [0.25, 0.3) is 10.4 Å². The van der Waals surface area contributed by atoms with E-state index in [4.69, 9.17) is 5.73 Å². The maximum Gasteiger partial charge on any atom is 0.316 e. The zero-order valence-electron chi connectivity index (χ0n) is 8.11. The van der Waals surface area contributed by atoms with E-state index in [-0.39, 0.29) is 0 Å². The van der Waals surface area contributed by atoms with E-state index in [1.54, 1.807) is 12.4 Å². The maximum absolute atomic E-state index is 10.8. The SMILES string of the molecule is NC(=O)Nc1cc(Br)sc1-c1cccnc1. The summed E-state index contributed by atoms with van der Waals surface area (Å²) in [6.07, 6.45) is 3.44. The third-order valence-corrected chi connectivity index (χ3v) is 3.57. The van der Waals surface area contributed by atoms with Crippen molar-refractivity contribution in [1.82, 2.24) is 4.98 Å². The van der Waals surface area contributed by atoms with Gasteiger partial charge in [-0.05, 0) is 28.1 Å². The van der Waals surface area contributed by atoms with Gasteiger partial charge >= 0.3 is 6.03 Å². The molecule has 0 aromatic carbocycles. The Labute approximate surface area is 105 Å². The highest BCUT2D eigenvalue weighted by atomic mass is 79.9. The molecule has 6 heteroatoms. The van der Waals surface area contributed by atoms with Crippen LogP contribution in [0.1, 0.15) is 0 Å². The van der Waals surface area contributed by atoms with E-state index >= 15 is 0 Å². The predicted octanol–water partition coefficient (Wildman–Crippen LogP) is 3.06. The topological polar surface area (TPSA) is 68.0 Å². The number of carbonyl (C=O) groups excluding carboxylic acids is 1. The second-order valence-corrected chi connectivity index (χ2v) is 5.46. The standard InChI is InChI=1S/C10H8BrN3OS/c11-8-4-7(14-10(12)15)9(16-8)6-2-1-3-13-5-6/h1-5H,(H3,12,14,15). The molecule has 0 saturated heterocycles. The summed E-state index contributed by atoms with van der Waals surface area (Å²) in [5.74, 6) is 0. The lowest BCUT2D eigenvalue weighted by Crippen LogP contribution is -2.19. The molecule has 0 unspecified atom stereocenters. The molecule has 0 radical (unpaired) electrons. The second kappa shape index (κ2) is 4.63. The minimum absolute atomic E-state index is 0.574. The number of thiophene rings is 1. The summed E-state index contributed by atoms with van der Waals surface area (Å²) in [5.41, 5.74) is 6.74. The van der Waals surface area contributed by atoms with Crippen molar-refractivity contribution >= 4 is 39.0 Å². The van der Waals surface area contributed by atoms with Gasteiger partial charge in [0.25, 0.3) is 0 Å². The molecule has 16 heavy (non-hydrogen) atoms. The van der Waals surface area contributed by atoms with Crippen LogP contribution in [0.4, 0.5) is 10.5 Å². The molecule has 2 rings (SSSR count). The van der Waals surface area contributed by atoms with Crippen molar-refractivity contribution in [2.75, 3.05) is 5.32 Å². The number of anilines is 1. The molecule has 0 spiro atoms. The average Bonchev–Trinajstić information content (AvgIpc) is 2.60. The largest absolute Gasteiger partial charge is 0.351 e. The first-order valence-electron chi connectivity index (χ1n) is 4.43. The molecule has 0 aliphatic heterocycles. The van der Waals surface area contributed by atoms with Crippen molar-refractivity contribution in [3.05, 3.63) is 34.4 Å². The summed E-state index contributed by atoms with van der Waals surface area (Å²) < 4.78 is 0.926. The molecule has 0 aliphatic rings. The molecular formula is C10H8BrN3OS. The number of hydrogen-bond acceptors (Lipinski definition) is 3. The monoisotopic (exact) mass is 297 g/mol. The average molecular weight is 298 g/mol. The van der Waals surface area contributed by atoms with Gasteiger partial charge in [0.2, 0.25) is 0 Å². The zero-order chi connectivity index (χ0) is 11.5. The molecule has 0 aliphatic carbocycles. The van der Waals surface area contributed by atoms with Gasteiger partial charge in [0.15, 0.2) is 0 Å². The highest BCUT2D eigenvalue weighted by Gasteiger charge is 2.11. The number of aromatic nitrogens is 1. The number of rotatable bonds is 2. The third-order valence-electron chi connectivity index (χ3n) is 1.88. The molecule has 2 aromatic heterocycles. The van der Waals surface area contributed by atoms with Gasteiger partial charge in [-0.15, -0.1) is 11.3 Å². The van der Waals surface area contributed by atoms with E-state index in [2.05, 4.69) is 26.2 Å². The Kier molecular flexibility index (Phi) is 3.21. The highest BCUT2D eigenvalue weighted by Crippen LogP contribution is 2.38. The van der Waals surface area contributed by atoms with Gasteiger partial charge in [-0.1, -0.05) is 6.07 Å². The molecule has 82 valence electrons. The van der Waals surface area contributed by atoms with Crippen LogP contribution >= 0.6 is 27.3 Å². The number of carbonyl (C=O) groups is 1. The summed E-state index contributed by atoms with van der Waals surface area (Å²) in [4.78, 5) is 15.8. The number of hydrogen-bond donors (Lipinski definition) is 2. The normalized spacial score (nSPS) is 10.1. The van der Waals surface area contributed by atoms with Crippen LogP contribution in [-0.4, -0.2) is 11.0 Å². The van der Waals surface area contributed by atoms with Gasteiger partial charge in [0.1, 0.15) is 0 Å². The summed E-state index contributed by atoms with van der Waals surface area (Å²) in [6, 6.07) is 5.02. The lowest BCUT2D eigenvalue weighted by molar-refractivity contribution is 0.259. The van der Waals surface area contributed by atoms with Crippen LogP contribution < -0.4 is 11.1 Å². The number of nitrogens with zero attached hydrogens (tertiary/aromatic N) is 1. The van der Waals surface area contributed by atoms with Gasteiger partial charge < -0.3 is 11.1 Å². The van der Waals surface area contributed by atoms with E-state index in [0.29, 0.717) is 5.69 Å². The van der Waals surface area contributed by atoms with Crippen molar-refractivity contribution in [3.8, 4) is 10.4 Å². The van der Waals surface area contributed by atoms with Crippen molar-refractivity contribution < 1.29 is 4.79 Å². The smallest absolute Gasteiger partial charge is 0.316 e. The van der Waals surface area contributed by atoms with Gasteiger partial charge in [-0.2, -0.15) is 0 Å². The first-order valence-corrected chi connectivity index (χ1v) is 6.04. The fourth-order valence-electron chi connectivity index (χ4n) is 1.30. The van der Waals surface area contributed by atoms with Crippen molar-refractivity contribution in [2.45, 2.75) is 0 Å². The van der Waals surface area contributed by atoms with Gasteiger partial charge in [-0.3, -0.25) is 4.98 Å². The van der Waals surface area contributed by atoms with Gasteiger partial charge in [0.05, 0.1) is 14.4 Å². The van der Waals surface area contributed by atoms with Crippen LogP contribution in [0.2, 0.25) is 0 Å². The van der Waals surface area contributed by atoms with E-state index in [0.717, 1.165) is 14.2 Å². The van der Waals surface area contributed by atoms with E-state index in [1.165, 1.54) is 11.3 Å². The van der Waals surface area contributed by atoms with Crippen LogP contribution in [0, 0.1) is 0 Å². The summed E-state index contributed by atoms with van der Waals surface area (Å²) in [5, 5.41) is 2.58. The highest BCUT2D eigenvalue weighted by molar-refractivity contribution is 9.11. The Balaban J connectivity index is 2.44. The Hall–Kier alpha value is -1.40. The lowest BCUT2D eigenvalue weighted by atomic mass is 10.2. The molecule has 2 aromatic rings. The zero-order valence-corrected chi connectivity index (χ0v) is 10.5. The minimum Gasteiger partial charge on any atom is -0.351 e. The minimum atomic E-state index is -0.574. The quantitative estimate of drug-likeness (QED) is 0.894. The lowest BCUT2D eigenvalue weighted by Gasteiger charge is -2.02. The number of primary amides is 1. The Morgan fingerprint density at radius 3 is 3.00 bits per heavy atom. The number of pyridine rings is 1. The number of nitrogens with two attached hydrogens (primary N) is 1. The summed E-state index contributed by atoms with van der Waals surface area (Å²) in [7, 11) is 0. The molecule has 3 N–H and O–H groups in total. The van der Waals surface area contributed by atoms with Crippen molar-refractivity contribution in [2.24, 2.45) is 5.73 Å². The molecule has 0 saturated carbocycles. The Bertz CT molecular complexity index is 512. The molecule has 2 amide bonds. The van der Waals surface area contributed by atoms with Crippen LogP contribution in [0.15, 0.2) is 34.4 Å². The Morgan fingerprint density at radius 2 is 2.38 bits per heavy atom. The number of halogens is 1. The van der Waals surface area contributed by atoms with E-state index in [1.807, 2.05) is 18.2 Å². The summed E-state index contributed by atoms with van der Waals surface area (Å²) in [6.45, 7) is 0. The molecule has 0 fully saturated rings. The second-order valence-electron chi connectivity index (χ2n) is 3.02. The first-order chi connectivity index (χ1) is 7.66. The fraction of sp³-hybridized carbons (Fsp3) is 0. The van der Waals surface area contributed by atoms with E-state index in [9.17, 15) is 4.79 Å². The van der Waals surface area contributed by atoms with Gasteiger partial charge in [-0.25, -0.2) is 4.79 Å². The van der Waals surface area contributed by atoms with Crippen LogP contribution in [-0.2, 0) is 0 Å². The molecule has 0 atom stereocenters. The predicted molar refractivity (Wildman–Crippen MR) is 68.5 cm³/mol. The molecule has 0 bridgehead atoms. The molecular weight excluding hydrogens is 290 g/mol. The first kappa shape index (κ1) is 11.1. The summed E-state index contributed by atoms with van der Waals surface area (Å²) >= 11 is 4.89.